The molecule has 0 aromatic rings. The lowest BCUT2D eigenvalue weighted by atomic mass is 9.88. The molecule has 2 saturated heterocycles. The molecule has 0 radical (unpaired) electrons. The first-order chi connectivity index (χ1) is 14.6. The number of nitrogens with one attached hydrogen (secondary N) is 2. The molecule has 2 aliphatic heterocycles. The molecule has 2 heterocycles. The molecule has 3 rings (SSSR count). The highest BCUT2D eigenvalue weighted by molar-refractivity contribution is 14.0. The summed E-state index contributed by atoms with van der Waals surface area (Å²) in [4.78, 5) is 33.7. The predicted molar refractivity (Wildman–Crippen MR) is 136 cm³/mol. The highest BCUT2D eigenvalue weighted by Crippen LogP contribution is 2.26. The fourth-order valence-electron chi connectivity index (χ4n) is 5.16. The summed E-state index contributed by atoms with van der Waals surface area (Å²) >= 11 is 0. The van der Waals surface area contributed by atoms with E-state index in [1.807, 2.05) is 4.90 Å². The molecule has 2 unspecified atom stereocenters. The van der Waals surface area contributed by atoms with Crippen molar-refractivity contribution in [3.63, 3.8) is 0 Å². The van der Waals surface area contributed by atoms with Crippen molar-refractivity contribution in [1.82, 2.24) is 20.4 Å². The summed E-state index contributed by atoms with van der Waals surface area (Å²) in [6, 6.07) is 0.555. The molecule has 2 amide bonds. The second-order valence-electron chi connectivity index (χ2n) is 9.05. The normalized spacial score (nSPS) is 23.6. The van der Waals surface area contributed by atoms with Crippen LogP contribution in [0, 0.1) is 5.92 Å². The van der Waals surface area contributed by atoms with E-state index in [4.69, 9.17) is 4.99 Å². The molecule has 7 nitrogen and oxygen atoms in total. The first-order valence-corrected chi connectivity index (χ1v) is 12.3. The topological polar surface area (TPSA) is 77.0 Å². The third kappa shape index (κ3) is 7.49. The van der Waals surface area contributed by atoms with E-state index in [1.165, 1.54) is 19.3 Å². The Bertz CT molecular complexity index is 609. The minimum absolute atomic E-state index is 0. The smallest absolute Gasteiger partial charge is 0.225 e. The molecule has 3 aliphatic rings. The maximum atomic E-state index is 12.8. The second-order valence-corrected chi connectivity index (χ2v) is 9.05. The lowest BCUT2D eigenvalue weighted by Crippen LogP contribution is -2.45. The van der Waals surface area contributed by atoms with Gasteiger partial charge in [-0.1, -0.05) is 26.2 Å². The van der Waals surface area contributed by atoms with E-state index in [2.05, 4.69) is 29.4 Å². The minimum atomic E-state index is 0. The molecular weight excluding hydrogens is 505 g/mol. The highest BCUT2D eigenvalue weighted by Gasteiger charge is 2.32. The van der Waals surface area contributed by atoms with Gasteiger partial charge in [0.1, 0.15) is 0 Å². The van der Waals surface area contributed by atoms with Crippen LogP contribution in [0.25, 0.3) is 0 Å². The second kappa shape index (κ2) is 13.5. The van der Waals surface area contributed by atoms with Crippen LogP contribution in [0.15, 0.2) is 4.99 Å². The van der Waals surface area contributed by atoms with Crippen molar-refractivity contribution in [2.75, 3.05) is 32.7 Å². The third-order valence-electron chi connectivity index (χ3n) is 6.89. The largest absolute Gasteiger partial charge is 0.357 e. The summed E-state index contributed by atoms with van der Waals surface area (Å²) in [6.45, 7) is 8.26. The number of amides is 2. The molecule has 8 heteroatoms. The Morgan fingerprint density at radius 1 is 1.13 bits per heavy atom. The molecule has 3 fully saturated rings. The van der Waals surface area contributed by atoms with Crippen LogP contribution in [0.1, 0.15) is 78.1 Å². The first-order valence-electron chi connectivity index (χ1n) is 12.3. The van der Waals surface area contributed by atoms with Crippen LogP contribution in [0.2, 0.25) is 0 Å². The number of likely N-dealkylation sites (tertiary alicyclic amines) is 2. The summed E-state index contributed by atoms with van der Waals surface area (Å²) in [7, 11) is 0. The standard InChI is InChI=1S/C23H41N5O2.HI/c1-3-20(28-15-8-11-21(28)29)12-14-25-23(24-4-2)26-19-13-16-27(17-19)22(30)18-9-6-5-7-10-18;/h18-20H,3-17H2,1-2H3,(H2,24,25,26);1H. The minimum Gasteiger partial charge on any atom is -0.357 e. The number of guanidine groups is 1. The fourth-order valence-corrected chi connectivity index (χ4v) is 5.16. The Hall–Kier alpha value is -1.06. The molecular formula is C23H42IN5O2. The van der Waals surface area contributed by atoms with Crippen molar-refractivity contribution in [2.45, 2.75) is 90.1 Å². The number of hydrogen-bond acceptors (Lipinski definition) is 3. The van der Waals surface area contributed by atoms with Crippen LogP contribution in [0.4, 0.5) is 0 Å². The van der Waals surface area contributed by atoms with E-state index in [9.17, 15) is 9.59 Å². The summed E-state index contributed by atoms with van der Waals surface area (Å²) < 4.78 is 0. The average molecular weight is 548 g/mol. The van der Waals surface area contributed by atoms with Crippen LogP contribution >= 0.6 is 24.0 Å². The Morgan fingerprint density at radius 2 is 1.90 bits per heavy atom. The molecule has 1 saturated carbocycles. The predicted octanol–water partition coefficient (Wildman–Crippen LogP) is 3.13. The molecule has 0 aromatic heterocycles. The van der Waals surface area contributed by atoms with Gasteiger partial charge in [-0.3, -0.25) is 14.6 Å². The monoisotopic (exact) mass is 547 g/mol. The van der Waals surface area contributed by atoms with E-state index >= 15 is 0 Å². The molecule has 31 heavy (non-hydrogen) atoms. The fraction of sp³-hybridized carbons (Fsp3) is 0.870. The van der Waals surface area contributed by atoms with Crippen LogP contribution in [-0.4, -0.2) is 72.4 Å². The van der Waals surface area contributed by atoms with Gasteiger partial charge in [-0.25, -0.2) is 0 Å². The van der Waals surface area contributed by atoms with Gasteiger partial charge < -0.3 is 20.4 Å². The number of aliphatic imine (C=N–C) groups is 1. The van der Waals surface area contributed by atoms with Gasteiger partial charge in [0, 0.05) is 57.1 Å². The Balaban J connectivity index is 0.00000341. The number of nitrogens with zero attached hydrogens (tertiary/aromatic N) is 3. The van der Waals surface area contributed by atoms with Crippen molar-refractivity contribution in [1.29, 1.82) is 0 Å². The molecule has 178 valence electrons. The van der Waals surface area contributed by atoms with Crippen molar-refractivity contribution in [2.24, 2.45) is 10.9 Å². The van der Waals surface area contributed by atoms with Gasteiger partial charge >= 0.3 is 0 Å². The zero-order chi connectivity index (χ0) is 21.3. The van der Waals surface area contributed by atoms with E-state index in [0.717, 1.165) is 70.7 Å². The molecule has 0 spiro atoms. The van der Waals surface area contributed by atoms with Crippen molar-refractivity contribution >= 4 is 41.8 Å². The van der Waals surface area contributed by atoms with E-state index in [1.54, 1.807) is 0 Å². The van der Waals surface area contributed by atoms with Gasteiger partial charge in [-0.2, -0.15) is 0 Å². The van der Waals surface area contributed by atoms with Crippen molar-refractivity contribution < 1.29 is 9.59 Å². The number of carbonyl (C=O) groups excluding carboxylic acids is 2. The molecule has 1 aliphatic carbocycles. The first kappa shape index (κ1) is 26.2. The summed E-state index contributed by atoms with van der Waals surface area (Å²) in [5.41, 5.74) is 0. The van der Waals surface area contributed by atoms with Crippen LogP contribution in [0.3, 0.4) is 0 Å². The summed E-state index contributed by atoms with van der Waals surface area (Å²) in [5.74, 6) is 1.74. The molecule has 0 aromatic carbocycles. The lowest BCUT2D eigenvalue weighted by molar-refractivity contribution is -0.135. The van der Waals surface area contributed by atoms with Gasteiger partial charge in [0.2, 0.25) is 11.8 Å². The molecule has 2 N–H and O–H groups in total. The summed E-state index contributed by atoms with van der Waals surface area (Å²) in [6.07, 6.45) is 10.3. The average Bonchev–Trinajstić information content (AvgIpc) is 3.40. The highest BCUT2D eigenvalue weighted by atomic mass is 127. The summed E-state index contributed by atoms with van der Waals surface area (Å²) in [5, 5.41) is 6.88. The Morgan fingerprint density at radius 3 is 2.55 bits per heavy atom. The number of hydrogen-bond donors (Lipinski definition) is 2. The van der Waals surface area contributed by atoms with Gasteiger partial charge in [-0.15, -0.1) is 24.0 Å². The third-order valence-corrected chi connectivity index (χ3v) is 6.89. The van der Waals surface area contributed by atoms with Gasteiger partial charge in [0.05, 0.1) is 0 Å². The number of carbonyl (C=O) groups is 2. The maximum absolute atomic E-state index is 12.8. The van der Waals surface area contributed by atoms with Gasteiger partial charge in [0.15, 0.2) is 5.96 Å². The number of rotatable bonds is 8. The SMILES string of the molecule is CCNC(=NCCC(CC)N1CCCC1=O)NC1CCN(C(=O)C2CCCCC2)C1.I. The zero-order valence-electron chi connectivity index (χ0n) is 19.4. The Kier molecular flexibility index (Phi) is 11.4. The quantitative estimate of drug-likeness (QED) is 0.278. The molecule has 2 atom stereocenters. The van der Waals surface area contributed by atoms with Crippen LogP contribution in [0.5, 0.6) is 0 Å². The van der Waals surface area contributed by atoms with Crippen molar-refractivity contribution in [3.05, 3.63) is 0 Å². The van der Waals surface area contributed by atoms with Crippen LogP contribution in [-0.2, 0) is 9.59 Å². The van der Waals surface area contributed by atoms with Crippen LogP contribution < -0.4 is 10.6 Å². The van der Waals surface area contributed by atoms with E-state index in [0.29, 0.717) is 30.8 Å². The van der Waals surface area contributed by atoms with E-state index < -0.39 is 0 Å². The zero-order valence-corrected chi connectivity index (χ0v) is 21.7. The maximum Gasteiger partial charge on any atom is 0.225 e. The lowest BCUT2D eigenvalue weighted by Gasteiger charge is -2.27. The Labute approximate surface area is 205 Å². The molecule has 0 bridgehead atoms. The van der Waals surface area contributed by atoms with Gasteiger partial charge in [0.25, 0.3) is 0 Å². The van der Waals surface area contributed by atoms with Gasteiger partial charge in [-0.05, 0) is 45.4 Å². The number of halogens is 1. The van der Waals surface area contributed by atoms with Crippen molar-refractivity contribution in [3.8, 4) is 0 Å². The van der Waals surface area contributed by atoms with E-state index in [-0.39, 0.29) is 35.9 Å².